The molecule has 0 aliphatic heterocycles. The Labute approximate surface area is 154 Å². The van der Waals surface area contributed by atoms with Crippen LogP contribution in [0, 0.1) is 0 Å². The zero-order valence-corrected chi connectivity index (χ0v) is 16.3. The molecule has 0 aromatic heterocycles. The van der Waals surface area contributed by atoms with E-state index in [0.717, 1.165) is 30.5 Å². The second kappa shape index (κ2) is 13.4. The molecule has 0 aliphatic rings. The Kier molecular flexibility index (Phi) is 11.7. The highest BCUT2D eigenvalue weighted by Gasteiger charge is 2.11. The van der Waals surface area contributed by atoms with Crippen molar-refractivity contribution in [1.29, 1.82) is 0 Å². The van der Waals surface area contributed by atoms with Crippen LogP contribution >= 0.6 is 23.4 Å². The molecule has 0 amide bonds. The zero-order valence-electron chi connectivity index (χ0n) is 14.7. The first-order valence-corrected chi connectivity index (χ1v) is 9.67. The van der Waals surface area contributed by atoms with Gasteiger partial charge in [0.05, 0.1) is 13.2 Å². The lowest BCUT2D eigenvalue weighted by Gasteiger charge is -2.18. The monoisotopic (exact) mass is 373 g/mol. The summed E-state index contributed by atoms with van der Waals surface area (Å²) < 4.78 is 10.4. The van der Waals surface area contributed by atoms with Crippen molar-refractivity contribution >= 4 is 29.3 Å². The van der Waals surface area contributed by atoms with Gasteiger partial charge in [-0.15, -0.1) is 0 Å². The molecule has 0 spiro atoms. The summed E-state index contributed by atoms with van der Waals surface area (Å²) >= 11 is 7.87. The Balaban J connectivity index is 2.29. The minimum Gasteiger partial charge on any atom is -0.382 e. The molecule has 0 saturated carbocycles. The third kappa shape index (κ3) is 8.78. The van der Waals surface area contributed by atoms with Crippen LogP contribution in [0.2, 0.25) is 5.02 Å². The molecular formula is C17H28ClN3O2S. The summed E-state index contributed by atoms with van der Waals surface area (Å²) in [6.45, 7) is 3.58. The largest absolute Gasteiger partial charge is 0.382 e. The molecule has 1 unspecified atom stereocenters. The molecule has 0 aliphatic carbocycles. The minimum atomic E-state index is 0.319. The van der Waals surface area contributed by atoms with Crippen molar-refractivity contribution in [2.45, 2.75) is 11.7 Å². The normalized spacial score (nSPS) is 12.9. The van der Waals surface area contributed by atoms with E-state index >= 15 is 0 Å². The first-order valence-electron chi connectivity index (χ1n) is 8.00. The Morgan fingerprint density at radius 3 is 2.79 bits per heavy atom. The minimum absolute atomic E-state index is 0.319. The average Bonchev–Trinajstić information content (AvgIpc) is 2.59. The first-order chi connectivity index (χ1) is 11.7. The Hall–Kier alpha value is -0.950. The van der Waals surface area contributed by atoms with Gasteiger partial charge in [0.2, 0.25) is 0 Å². The van der Waals surface area contributed by atoms with E-state index in [2.05, 4.69) is 27.9 Å². The number of guanidine groups is 1. The summed E-state index contributed by atoms with van der Waals surface area (Å²) in [4.78, 5) is 4.25. The summed E-state index contributed by atoms with van der Waals surface area (Å²) in [7, 11) is 3.45. The predicted molar refractivity (Wildman–Crippen MR) is 104 cm³/mol. The predicted octanol–water partition coefficient (Wildman–Crippen LogP) is 2.96. The molecule has 136 valence electrons. The van der Waals surface area contributed by atoms with Gasteiger partial charge >= 0.3 is 0 Å². The van der Waals surface area contributed by atoms with E-state index in [1.165, 1.54) is 5.56 Å². The molecule has 0 bridgehead atoms. The van der Waals surface area contributed by atoms with Crippen LogP contribution in [0.1, 0.15) is 17.2 Å². The van der Waals surface area contributed by atoms with E-state index in [1.807, 2.05) is 18.2 Å². The highest BCUT2D eigenvalue weighted by Crippen LogP contribution is 2.27. The first kappa shape index (κ1) is 21.1. The van der Waals surface area contributed by atoms with Gasteiger partial charge in [0.1, 0.15) is 0 Å². The van der Waals surface area contributed by atoms with Gasteiger partial charge in [-0.05, 0) is 30.4 Å². The number of benzene rings is 1. The third-order valence-electron chi connectivity index (χ3n) is 3.37. The van der Waals surface area contributed by atoms with E-state index in [-0.39, 0.29) is 0 Å². The summed E-state index contributed by atoms with van der Waals surface area (Å²) in [5.41, 5.74) is 1.21. The van der Waals surface area contributed by atoms with Gasteiger partial charge in [-0.2, -0.15) is 11.8 Å². The van der Waals surface area contributed by atoms with Crippen molar-refractivity contribution in [3.63, 3.8) is 0 Å². The summed E-state index contributed by atoms with van der Waals surface area (Å²) in [5.74, 6) is 0.799. The number of methoxy groups -OCH3 is 1. The van der Waals surface area contributed by atoms with Crippen LogP contribution in [0.3, 0.4) is 0 Å². The second-order valence-electron chi connectivity index (χ2n) is 5.12. The molecule has 7 heteroatoms. The number of halogens is 1. The van der Waals surface area contributed by atoms with Gasteiger partial charge in [-0.3, -0.25) is 4.99 Å². The SMILES string of the molecule is CN=C(NCCCOCCOC)NCC(SC)c1cccc(Cl)c1. The number of aliphatic imine (C=N–C) groups is 1. The van der Waals surface area contributed by atoms with Gasteiger partial charge < -0.3 is 20.1 Å². The summed E-state index contributed by atoms with van der Waals surface area (Å²) in [6, 6.07) is 7.99. The van der Waals surface area contributed by atoms with E-state index in [0.29, 0.717) is 25.1 Å². The van der Waals surface area contributed by atoms with Gasteiger partial charge in [0.15, 0.2) is 5.96 Å². The van der Waals surface area contributed by atoms with Crippen molar-refractivity contribution in [1.82, 2.24) is 10.6 Å². The van der Waals surface area contributed by atoms with Crippen molar-refractivity contribution in [3.05, 3.63) is 34.9 Å². The lowest BCUT2D eigenvalue weighted by Crippen LogP contribution is -2.39. The number of hydrogen-bond donors (Lipinski definition) is 2. The molecule has 0 heterocycles. The fourth-order valence-electron chi connectivity index (χ4n) is 2.08. The standard InChI is InChI=1S/C17H28ClN3O2S/c1-19-17(20-8-5-9-23-11-10-22-2)21-13-16(24-3)14-6-4-7-15(18)12-14/h4,6-7,12,16H,5,8-11,13H2,1-3H3,(H2,19,20,21). The van der Waals surface area contributed by atoms with E-state index < -0.39 is 0 Å². The molecule has 5 nitrogen and oxygen atoms in total. The highest BCUT2D eigenvalue weighted by molar-refractivity contribution is 7.98. The molecule has 2 N–H and O–H groups in total. The van der Waals surface area contributed by atoms with Crippen LogP contribution in [0.5, 0.6) is 0 Å². The van der Waals surface area contributed by atoms with E-state index in [9.17, 15) is 0 Å². The molecule has 0 radical (unpaired) electrons. The maximum Gasteiger partial charge on any atom is 0.191 e. The maximum atomic E-state index is 6.08. The molecule has 24 heavy (non-hydrogen) atoms. The van der Waals surface area contributed by atoms with Gasteiger partial charge in [0, 0.05) is 44.1 Å². The lowest BCUT2D eigenvalue weighted by atomic mass is 10.1. The van der Waals surface area contributed by atoms with Crippen LogP contribution in [-0.4, -0.2) is 59.3 Å². The van der Waals surface area contributed by atoms with E-state index in [4.69, 9.17) is 21.1 Å². The molecule has 1 aromatic rings. The van der Waals surface area contributed by atoms with Crippen LogP contribution < -0.4 is 10.6 Å². The van der Waals surface area contributed by atoms with Gasteiger partial charge in [-0.1, -0.05) is 23.7 Å². The highest BCUT2D eigenvalue weighted by atomic mass is 35.5. The number of nitrogens with one attached hydrogen (secondary N) is 2. The van der Waals surface area contributed by atoms with Gasteiger partial charge in [-0.25, -0.2) is 0 Å². The lowest BCUT2D eigenvalue weighted by molar-refractivity contribution is 0.0698. The molecular weight excluding hydrogens is 346 g/mol. The fourth-order valence-corrected chi connectivity index (χ4v) is 2.95. The molecule has 1 rings (SSSR count). The van der Waals surface area contributed by atoms with Gasteiger partial charge in [0.25, 0.3) is 0 Å². The van der Waals surface area contributed by atoms with Crippen molar-refractivity contribution in [2.75, 3.05) is 53.3 Å². The summed E-state index contributed by atoms with van der Waals surface area (Å²) in [6.07, 6.45) is 3.02. The quantitative estimate of drug-likeness (QED) is 0.355. The third-order valence-corrected chi connectivity index (χ3v) is 4.62. The van der Waals surface area contributed by atoms with Crippen LogP contribution in [0.25, 0.3) is 0 Å². The molecule has 0 saturated heterocycles. The number of nitrogens with zero attached hydrogens (tertiary/aromatic N) is 1. The second-order valence-corrected chi connectivity index (χ2v) is 6.59. The van der Waals surface area contributed by atoms with Crippen LogP contribution in [0.4, 0.5) is 0 Å². The molecule has 1 atom stereocenters. The van der Waals surface area contributed by atoms with Crippen molar-refractivity contribution in [2.24, 2.45) is 4.99 Å². The van der Waals surface area contributed by atoms with Crippen LogP contribution in [-0.2, 0) is 9.47 Å². The number of thioether (sulfide) groups is 1. The Morgan fingerprint density at radius 2 is 2.12 bits per heavy atom. The zero-order chi connectivity index (χ0) is 17.6. The smallest absolute Gasteiger partial charge is 0.191 e. The van der Waals surface area contributed by atoms with Crippen molar-refractivity contribution < 1.29 is 9.47 Å². The molecule has 0 fully saturated rings. The fraction of sp³-hybridized carbons (Fsp3) is 0.588. The number of hydrogen-bond acceptors (Lipinski definition) is 4. The number of ether oxygens (including phenoxy) is 2. The van der Waals surface area contributed by atoms with Crippen LogP contribution in [0.15, 0.2) is 29.3 Å². The Morgan fingerprint density at radius 1 is 1.29 bits per heavy atom. The molecule has 1 aromatic carbocycles. The van der Waals surface area contributed by atoms with E-state index in [1.54, 1.807) is 25.9 Å². The average molecular weight is 374 g/mol. The van der Waals surface area contributed by atoms with Crippen molar-refractivity contribution in [3.8, 4) is 0 Å². The maximum absolute atomic E-state index is 6.08. The Bertz CT molecular complexity index is 489. The number of rotatable bonds is 11. The summed E-state index contributed by atoms with van der Waals surface area (Å²) in [5, 5.41) is 7.74. The topological polar surface area (TPSA) is 54.9 Å².